The van der Waals surface area contributed by atoms with E-state index in [0.717, 1.165) is 29.6 Å². The van der Waals surface area contributed by atoms with Gasteiger partial charge >= 0.3 is 0 Å². The Labute approximate surface area is 114 Å². The molecular weight excluding hydrogens is 242 g/mol. The molecule has 0 saturated carbocycles. The first-order valence-electron chi connectivity index (χ1n) is 6.57. The van der Waals surface area contributed by atoms with Crippen molar-refractivity contribution in [2.45, 2.75) is 26.4 Å². The Morgan fingerprint density at radius 2 is 2.26 bits per heavy atom. The maximum Gasteiger partial charge on any atom is 0.191 e. The molecule has 2 rings (SSSR count). The molecule has 1 aromatic carbocycles. The van der Waals surface area contributed by atoms with Gasteiger partial charge in [0, 0.05) is 12.6 Å². The van der Waals surface area contributed by atoms with E-state index >= 15 is 0 Å². The van der Waals surface area contributed by atoms with E-state index < -0.39 is 0 Å². The van der Waals surface area contributed by atoms with E-state index in [0.29, 0.717) is 19.2 Å². The highest BCUT2D eigenvalue weighted by atomic mass is 16.5. The lowest BCUT2D eigenvalue weighted by atomic mass is 10.2. The summed E-state index contributed by atoms with van der Waals surface area (Å²) in [5, 5.41) is 6.54. The molecule has 0 spiro atoms. The van der Waals surface area contributed by atoms with Crippen LogP contribution in [-0.4, -0.2) is 32.3 Å². The Bertz CT molecular complexity index is 460. The zero-order valence-electron chi connectivity index (χ0n) is 11.7. The Morgan fingerprint density at radius 3 is 2.89 bits per heavy atom. The van der Waals surface area contributed by atoms with Crippen LogP contribution < -0.4 is 20.1 Å². The molecule has 0 bridgehead atoms. The van der Waals surface area contributed by atoms with Gasteiger partial charge in [-0.3, -0.25) is 4.99 Å². The predicted molar refractivity (Wildman–Crippen MR) is 75.9 cm³/mol. The first-order valence-corrected chi connectivity index (χ1v) is 6.57. The molecule has 1 unspecified atom stereocenters. The van der Waals surface area contributed by atoms with Crippen LogP contribution in [0.3, 0.4) is 0 Å². The van der Waals surface area contributed by atoms with Crippen molar-refractivity contribution in [1.82, 2.24) is 10.6 Å². The smallest absolute Gasteiger partial charge is 0.191 e. The summed E-state index contributed by atoms with van der Waals surface area (Å²) >= 11 is 0. The van der Waals surface area contributed by atoms with E-state index in [1.165, 1.54) is 0 Å². The minimum Gasteiger partial charge on any atom is -0.493 e. The van der Waals surface area contributed by atoms with Crippen LogP contribution in [0.1, 0.15) is 19.4 Å². The van der Waals surface area contributed by atoms with E-state index in [-0.39, 0.29) is 0 Å². The Balaban J connectivity index is 1.97. The second kappa shape index (κ2) is 6.31. The van der Waals surface area contributed by atoms with Gasteiger partial charge in [0.05, 0.1) is 20.3 Å². The monoisotopic (exact) mass is 263 g/mol. The molecule has 5 nitrogen and oxygen atoms in total. The summed E-state index contributed by atoms with van der Waals surface area (Å²) in [5.41, 5.74) is 1.13. The third kappa shape index (κ3) is 3.53. The van der Waals surface area contributed by atoms with Crippen LogP contribution in [0.25, 0.3) is 0 Å². The first-order chi connectivity index (χ1) is 9.22. The van der Waals surface area contributed by atoms with Gasteiger partial charge in [0.25, 0.3) is 0 Å². The number of guanidine groups is 1. The second-order valence-corrected chi connectivity index (χ2v) is 4.51. The summed E-state index contributed by atoms with van der Waals surface area (Å²) in [6.07, 6.45) is 0. The van der Waals surface area contributed by atoms with E-state index in [1.807, 2.05) is 25.1 Å². The fourth-order valence-corrected chi connectivity index (χ4v) is 1.94. The van der Waals surface area contributed by atoms with Crippen molar-refractivity contribution in [3.8, 4) is 11.5 Å². The van der Waals surface area contributed by atoms with Gasteiger partial charge in [-0.15, -0.1) is 0 Å². The van der Waals surface area contributed by atoms with Crippen LogP contribution in [0.15, 0.2) is 23.2 Å². The zero-order valence-corrected chi connectivity index (χ0v) is 11.7. The minimum atomic E-state index is 0.414. The van der Waals surface area contributed by atoms with Crippen molar-refractivity contribution in [3.63, 3.8) is 0 Å². The lowest BCUT2D eigenvalue weighted by Gasteiger charge is -2.12. The Hall–Kier alpha value is -1.91. The second-order valence-electron chi connectivity index (χ2n) is 4.51. The summed E-state index contributed by atoms with van der Waals surface area (Å²) in [6, 6.07) is 6.36. The minimum absolute atomic E-state index is 0.414. The lowest BCUT2D eigenvalue weighted by molar-refractivity contribution is 0.310. The van der Waals surface area contributed by atoms with Crippen molar-refractivity contribution in [2.75, 3.05) is 20.3 Å². The van der Waals surface area contributed by atoms with Crippen LogP contribution in [0.5, 0.6) is 11.5 Å². The molecule has 1 aliphatic rings. The third-order valence-corrected chi connectivity index (χ3v) is 2.89. The number of aliphatic imine (C=N–C) groups is 1. The number of nitrogens with zero attached hydrogens (tertiary/aromatic N) is 1. The maximum absolute atomic E-state index is 5.49. The normalized spacial score (nSPS) is 17.6. The van der Waals surface area contributed by atoms with Crippen LogP contribution in [0.4, 0.5) is 0 Å². The van der Waals surface area contributed by atoms with Gasteiger partial charge in [-0.05, 0) is 31.5 Å². The molecule has 1 atom stereocenters. The van der Waals surface area contributed by atoms with Gasteiger partial charge in [0.1, 0.15) is 0 Å². The SMILES string of the molecule is CCOc1ccc(CNC2=NCC(C)N2)cc1OC. The molecule has 1 aliphatic heterocycles. The molecule has 0 saturated heterocycles. The molecule has 1 heterocycles. The number of rotatable bonds is 5. The lowest BCUT2D eigenvalue weighted by Crippen LogP contribution is -2.37. The Kier molecular flexibility index (Phi) is 4.49. The number of methoxy groups -OCH3 is 1. The van der Waals surface area contributed by atoms with Crippen LogP contribution in [0, 0.1) is 0 Å². The van der Waals surface area contributed by atoms with Crippen molar-refractivity contribution in [3.05, 3.63) is 23.8 Å². The maximum atomic E-state index is 5.49. The van der Waals surface area contributed by atoms with Crippen LogP contribution in [-0.2, 0) is 6.54 Å². The standard InChI is InChI=1S/C14H21N3O2/c1-4-19-12-6-5-11(7-13(12)18-3)9-16-14-15-8-10(2)17-14/h5-7,10H,4,8-9H2,1-3H3,(H2,15,16,17). The van der Waals surface area contributed by atoms with Gasteiger partial charge in [0.2, 0.25) is 0 Å². The van der Waals surface area contributed by atoms with E-state index in [9.17, 15) is 0 Å². The predicted octanol–water partition coefficient (Wildman–Crippen LogP) is 1.53. The molecule has 0 radical (unpaired) electrons. The highest BCUT2D eigenvalue weighted by Gasteiger charge is 2.12. The molecule has 5 heteroatoms. The van der Waals surface area contributed by atoms with Crippen molar-refractivity contribution in [1.29, 1.82) is 0 Å². The number of nitrogens with one attached hydrogen (secondary N) is 2. The summed E-state index contributed by atoms with van der Waals surface area (Å²) in [7, 11) is 1.65. The number of ether oxygens (including phenoxy) is 2. The fraction of sp³-hybridized carbons (Fsp3) is 0.500. The van der Waals surface area contributed by atoms with Gasteiger partial charge < -0.3 is 20.1 Å². The van der Waals surface area contributed by atoms with Gasteiger partial charge in [-0.25, -0.2) is 0 Å². The molecule has 104 valence electrons. The summed E-state index contributed by atoms with van der Waals surface area (Å²) in [5.74, 6) is 2.40. The zero-order chi connectivity index (χ0) is 13.7. The van der Waals surface area contributed by atoms with Gasteiger partial charge in [-0.1, -0.05) is 6.07 Å². The fourth-order valence-electron chi connectivity index (χ4n) is 1.94. The van der Waals surface area contributed by atoms with E-state index in [4.69, 9.17) is 9.47 Å². The van der Waals surface area contributed by atoms with Crippen molar-refractivity contribution in [2.24, 2.45) is 4.99 Å². The van der Waals surface area contributed by atoms with Crippen LogP contribution >= 0.6 is 0 Å². The van der Waals surface area contributed by atoms with E-state index in [1.54, 1.807) is 7.11 Å². The molecule has 0 amide bonds. The third-order valence-electron chi connectivity index (χ3n) is 2.89. The highest BCUT2D eigenvalue weighted by molar-refractivity contribution is 5.81. The quantitative estimate of drug-likeness (QED) is 0.846. The molecule has 0 fully saturated rings. The molecular formula is C14H21N3O2. The molecule has 0 aromatic heterocycles. The van der Waals surface area contributed by atoms with E-state index in [2.05, 4.69) is 22.5 Å². The topological polar surface area (TPSA) is 54.9 Å². The Morgan fingerprint density at radius 1 is 1.42 bits per heavy atom. The summed E-state index contributed by atoms with van der Waals surface area (Å²) in [6.45, 7) is 6.24. The molecule has 0 aliphatic carbocycles. The van der Waals surface area contributed by atoms with Gasteiger partial charge in [0.15, 0.2) is 17.5 Å². The first kappa shape index (κ1) is 13.5. The number of hydrogen-bond donors (Lipinski definition) is 2. The number of benzene rings is 1. The van der Waals surface area contributed by atoms with Crippen molar-refractivity contribution >= 4 is 5.96 Å². The van der Waals surface area contributed by atoms with Crippen molar-refractivity contribution < 1.29 is 9.47 Å². The average molecular weight is 263 g/mol. The summed E-state index contributed by atoms with van der Waals surface area (Å²) in [4.78, 5) is 4.36. The average Bonchev–Trinajstić information content (AvgIpc) is 2.83. The van der Waals surface area contributed by atoms with Gasteiger partial charge in [-0.2, -0.15) is 0 Å². The summed E-state index contributed by atoms with van der Waals surface area (Å²) < 4.78 is 10.8. The van der Waals surface area contributed by atoms with Crippen LogP contribution in [0.2, 0.25) is 0 Å². The largest absolute Gasteiger partial charge is 0.493 e. The number of hydrogen-bond acceptors (Lipinski definition) is 5. The highest BCUT2D eigenvalue weighted by Crippen LogP contribution is 2.27. The molecule has 2 N–H and O–H groups in total. The molecule has 19 heavy (non-hydrogen) atoms. The molecule has 1 aromatic rings.